The van der Waals surface area contributed by atoms with Gasteiger partial charge in [-0.25, -0.2) is 0 Å². The molecule has 1 amide bonds. The standard InChI is InChI=1S/C19H23NO2S/c1-3-16(17-9-5-4-6-10-17)13-20-19(21)18-11-7-8-15(12-18)14-23(2)22/h4-12,16H,3,13-14H2,1-2H3,(H,20,21). The van der Waals surface area contributed by atoms with E-state index in [1.807, 2.05) is 36.4 Å². The highest BCUT2D eigenvalue weighted by atomic mass is 32.2. The maximum absolute atomic E-state index is 12.3. The molecule has 0 heterocycles. The fourth-order valence-electron chi connectivity index (χ4n) is 2.58. The molecule has 0 aliphatic rings. The highest BCUT2D eigenvalue weighted by molar-refractivity contribution is 7.83. The van der Waals surface area contributed by atoms with E-state index in [9.17, 15) is 9.00 Å². The Balaban J connectivity index is 2.00. The number of amides is 1. The molecule has 2 unspecified atom stereocenters. The Bertz CT molecular complexity index is 670. The Morgan fingerprint density at radius 1 is 1.13 bits per heavy atom. The van der Waals surface area contributed by atoms with Gasteiger partial charge in [-0.05, 0) is 29.7 Å². The second-order valence-electron chi connectivity index (χ2n) is 5.64. The highest BCUT2D eigenvalue weighted by Crippen LogP contribution is 2.18. The third-order valence-corrected chi connectivity index (χ3v) is 4.57. The van der Waals surface area contributed by atoms with E-state index in [4.69, 9.17) is 0 Å². The lowest BCUT2D eigenvalue weighted by molar-refractivity contribution is 0.0951. The van der Waals surface area contributed by atoms with Gasteiger partial charge in [0.05, 0.1) is 0 Å². The number of hydrogen-bond acceptors (Lipinski definition) is 2. The Labute approximate surface area is 140 Å². The summed E-state index contributed by atoms with van der Waals surface area (Å²) in [4.78, 5) is 12.3. The van der Waals surface area contributed by atoms with Gasteiger partial charge in [0.25, 0.3) is 5.91 Å². The summed E-state index contributed by atoms with van der Waals surface area (Å²) in [6, 6.07) is 17.6. The summed E-state index contributed by atoms with van der Waals surface area (Å²) in [5, 5.41) is 3.01. The number of carbonyl (C=O) groups excluding carboxylic acids is 1. The van der Waals surface area contributed by atoms with Crippen molar-refractivity contribution in [3.8, 4) is 0 Å². The van der Waals surface area contributed by atoms with Gasteiger partial charge in [0.1, 0.15) is 0 Å². The van der Waals surface area contributed by atoms with Crippen molar-refractivity contribution in [3.63, 3.8) is 0 Å². The predicted molar refractivity (Wildman–Crippen MR) is 96.0 cm³/mol. The van der Waals surface area contributed by atoms with Crippen LogP contribution in [0.4, 0.5) is 0 Å². The largest absolute Gasteiger partial charge is 0.351 e. The van der Waals surface area contributed by atoms with Crippen LogP contribution in [0.2, 0.25) is 0 Å². The van der Waals surface area contributed by atoms with Gasteiger partial charge < -0.3 is 5.32 Å². The maximum atomic E-state index is 12.3. The summed E-state index contributed by atoms with van der Waals surface area (Å²) < 4.78 is 11.3. The topological polar surface area (TPSA) is 46.2 Å². The molecule has 0 saturated heterocycles. The van der Waals surface area contributed by atoms with E-state index in [1.54, 1.807) is 12.3 Å². The van der Waals surface area contributed by atoms with E-state index in [0.29, 0.717) is 23.8 Å². The van der Waals surface area contributed by atoms with E-state index in [2.05, 4.69) is 24.4 Å². The first-order valence-electron chi connectivity index (χ1n) is 7.82. The Morgan fingerprint density at radius 3 is 2.52 bits per heavy atom. The van der Waals surface area contributed by atoms with Crippen molar-refractivity contribution in [1.29, 1.82) is 0 Å². The van der Waals surface area contributed by atoms with Crippen LogP contribution in [0, 0.1) is 0 Å². The Hall–Kier alpha value is -1.94. The summed E-state index contributed by atoms with van der Waals surface area (Å²) in [5.74, 6) is 0.706. The van der Waals surface area contributed by atoms with Gasteiger partial charge in [-0.1, -0.05) is 49.4 Å². The molecule has 0 fully saturated rings. The van der Waals surface area contributed by atoms with Gasteiger partial charge >= 0.3 is 0 Å². The molecule has 0 radical (unpaired) electrons. The van der Waals surface area contributed by atoms with Crippen LogP contribution in [0.15, 0.2) is 54.6 Å². The average Bonchev–Trinajstić information content (AvgIpc) is 2.56. The van der Waals surface area contributed by atoms with Crippen LogP contribution >= 0.6 is 0 Å². The molecular formula is C19H23NO2S. The van der Waals surface area contributed by atoms with Gasteiger partial charge in [0, 0.05) is 40.8 Å². The summed E-state index contributed by atoms with van der Waals surface area (Å²) >= 11 is 0. The monoisotopic (exact) mass is 329 g/mol. The predicted octanol–water partition coefficient (Wildman–Crippen LogP) is 3.49. The fraction of sp³-hybridized carbons (Fsp3) is 0.316. The molecule has 0 spiro atoms. The number of carbonyl (C=O) groups is 1. The summed E-state index contributed by atoms with van der Waals surface area (Å²) in [6.07, 6.45) is 2.64. The van der Waals surface area contributed by atoms with Crippen LogP contribution in [0.25, 0.3) is 0 Å². The molecular weight excluding hydrogens is 306 g/mol. The van der Waals surface area contributed by atoms with Crippen LogP contribution in [0.1, 0.15) is 40.7 Å². The molecule has 23 heavy (non-hydrogen) atoms. The van der Waals surface area contributed by atoms with Crippen molar-refractivity contribution < 1.29 is 9.00 Å². The summed E-state index contributed by atoms with van der Waals surface area (Å²) in [6.45, 7) is 2.74. The van der Waals surface area contributed by atoms with Crippen LogP contribution in [0.5, 0.6) is 0 Å². The molecule has 0 bridgehead atoms. The number of benzene rings is 2. The molecule has 0 aliphatic carbocycles. The second-order valence-corrected chi connectivity index (χ2v) is 7.08. The van der Waals surface area contributed by atoms with E-state index >= 15 is 0 Å². The first kappa shape index (κ1) is 17.4. The zero-order valence-corrected chi connectivity index (χ0v) is 14.4. The van der Waals surface area contributed by atoms with Gasteiger partial charge in [-0.3, -0.25) is 9.00 Å². The first-order chi connectivity index (χ1) is 11.1. The van der Waals surface area contributed by atoms with E-state index < -0.39 is 10.8 Å². The van der Waals surface area contributed by atoms with Crippen molar-refractivity contribution in [2.45, 2.75) is 25.0 Å². The molecule has 3 nitrogen and oxygen atoms in total. The Morgan fingerprint density at radius 2 is 1.87 bits per heavy atom. The smallest absolute Gasteiger partial charge is 0.251 e. The van der Waals surface area contributed by atoms with Crippen LogP contribution < -0.4 is 5.32 Å². The van der Waals surface area contributed by atoms with E-state index in [0.717, 1.165) is 12.0 Å². The van der Waals surface area contributed by atoms with Crippen molar-refractivity contribution >= 4 is 16.7 Å². The normalized spacial score (nSPS) is 13.3. The third kappa shape index (κ3) is 5.32. The third-order valence-electron chi connectivity index (χ3n) is 3.83. The van der Waals surface area contributed by atoms with Gasteiger partial charge in [-0.15, -0.1) is 0 Å². The minimum atomic E-state index is -0.907. The SMILES string of the molecule is CCC(CNC(=O)c1cccc(CS(C)=O)c1)c1ccccc1. The minimum absolute atomic E-state index is 0.0804. The van der Waals surface area contributed by atoms with Crippen LogP contribution in [0.3, 0.4) is 0 Å². The lowest BCUT2D eigenvalue weighted by Gasteiger charge is -2.16. The molecule has 0 saturated carbocycles. The quantitative estimate of drug-likeness (QED) is 0.845. The van der Waals surface area contributed by atoms with Crippen LogP contribution in [-0.4, -0.2) is 22.9 Å². The number of nitrogens with one attached hydrogen (secondary N) is 1. The molecule has 0 aromatic heterocycles. The fourth-order valence-corrected chi connectivity index (χ4v) is 3.23. The van der Waals surface area contributed by atoms with Gasteiger partial charge in [0.2, 0.25) is 0 Å². The van der Waals surface area contributed by atoms with Gasteiger partial charge in [-0.2, -0.15) is 0 Å². The molecule has 122 valence electrons. The van der Waals surface area contributed by atoms with Crippen LogP contribution in [-0.2, 0) is 16.6 Å². The molecule has 4 heteroatoms. The maximum Gasteiger partial charge on any atom is 0.251 e. The molecule has 1 N–H and O–H groups in total. The van der Waals surface area contributed by atoms with Crippen molar-refractivity contribution in [3.05, 3.63) is 71.3 Å². The van der Waals surface area contributed by atoms with Crippen molar-refractivity contribution in [2.24, 2.45) is 0 Å². The minimum Gasteiger partial charge on any atom is -0.351 e. The molecule has 0 aliphatic heterocycles. The summed E-state index contributed by atoms with van der Waals surface area (Å²) in [5.41, 5.74) is 2.79. The molecule has 2 aromatic carbocycles. The second kappa shape index (κ2) is 8.63. The number of rotatable bonds is 7. The Kier molecular flexibility index (Phi) is 6.53. The molecule has 2 aromatic rings. The highest BCUT2D eigenvalue weighted by Gasteiger charge is 2.12. The van der Waals surface area contributed by atoms with E-state index in [1.165, 1.54) is 5.56 Å². The zero-order chi connectivity index (χ0) is 16.7. The number of hydrogen-bond donors (Lipinski definition) is 1. The zero-order valence-electron chi connectivity index (χ0n) is 13.6. The lowest BCUT2D eigenvalue weighted by Crippen LogP contribution is -2.28. The summed E-state index contributed by atoms with van der Waals surface area (Å²) in [7, 11) is -0.907. The lowest BCUT2D eigenvalue weighted by atomic mass is 9.96. The van der Waals surface area contributed by atoms with E-state index in [-0.39, 0.29) is 5.91 Å². The molecule has 2 rings (SSSR count). The first-order valence-corrected chi connectivity index (χ1v) is 9.55. The molecule has 2 atom stereocenters. The average molecular weight is 329 g/mol. The van der Waals surface area contributed by atoms with Gasteiger partial charge in [0.15, 0.2) is 0 Å². The van der Waals surface area contributed by atoms with Crippen molar-refractivity contribution in [2.75, 3.05) is 12.8 Å². The van der Waals surface area contributed by atoms with Crippen molar-refractivity contribution in [1.82, 2.24) is 5.32 Å².